The standard InChI is InChI=1S/C28H29N5O4S/c1-18-24(17-38-28-30-31-32-33(28)2)36-27(37-25(18)20-10-8-19(16-34)9-11-20)22-12-14-23(15-13-22)29-26(35)21-6-4-3-5-7-21/h3-15,18,24-25,27,34H,16-17H2,1-2H3,(H,29,35)/t18-,24+,25+,27+/m0/s1. The summed E-state index contributed by atoms with van der Waals surface area (Å²) >= 11 is 1.54. The molecule has 3 aromatic carbocycles. The van der Waals surface area contributed by atoms with E-state index >= 15 is 0 Å². The van der Waals surface area contributed by atoms with Crippen molar-refractivity contribution in [2.75, 3.05) is 11.1 Å². The van der Waals surface area contributed by atoms with Crippen LogP contribution in [-0.2, 0) is 23.1 Å². The van der Waals surface area contributed by atoms with Crippen LogP contribution >= 0.6 is 11.8 Å². The van der Waals surface area contributed by atoms with Gasteiger partial charge >= 0.3 is 0 Å². The summed E-state index contributed by atoms with van der Waals surface area (Å²) in [4.78, 5) is 12.5. The van der Waals surface area contributed by atoms with Gasteiger partial charge < -0.3 is 19.9 Å². The van der Waals surface area contributed by atoms with Gasteiger partial charge in [-0.1, -0.05) is 73.3 Å². The Labute approximate surface area is 225 Å². The van der Waals surface area contributed by atoms with E-state index in [4.69, 9.17) is 9.47 Å². The molecular formula is C28H29N5O4S. The number of aliphatic hydroxyl groups excluding tert-OH is 1. The lowest BCUT2D eigenvalue weighted by Crippen LogP contribution is -2.38. The van der Waals surface area contributed by atoms with Crippen molar-refractivity contribution < 1.29 is 19.4 Å². The van der Waals surface area contributed by atoms with Crippen molar-refractivity contribution in [2.24, 2.45) is 13.0 Å². The van der Waals surface area contributed by atoms with E-state index in [9.17, 15) is 9.90 Å². The van der Waals surface area contributed by atoms with E-state index in [2.05, 4.69) is 27.8 Å². The number of hydrogen-bond donors (Lipinski definition) is 2. The van der Waals surface area contributed by atoms with Gasteiger partial charge in [-0.25, -0.2) is 4.68 Å². The van der Waals surface area contributed by atoms with Crippen molar-refractivity contribution in [1.82, 2.24) is 20.2 Å². The second kappa shape index (κ2) is 11.9. The van der Waals surface area contributed by atoms with E-state index < -0.39 is 6.29 Å². The third-order valence-corrected chi connectivity index (χ3v) is 7.66. The van der Waals surface area contributed by atoms with Crippen molar-refractivity contribution in [3.8, 4) is 0 Å². The van der Waals surface area contributed by atoms with Crippen LogP contribution in [0.1, 0.15) is 46.4 Å². The van der Waals surface area contributed by atoms with E-state index in [0.29, 0.717) is 22.2 Å². The second-order valence-corrected chi connectivity index (χ2v) is 10.1. The number of nitrogens with one attached hydrogen (secondary N) is 1. The highest BCUT2D eigenvalue weighted by molar-refractivity contribution is 7.99. The molecule has 1 amide bonds. The molecule has 1 aliphatic heterocycles. The van der Waals surface area contributed by atoms with Crippen molar-refractivity contribution in [1.29, 1.82) is 0 Å². The SMILES string of the molecule is C[C@H]1[C@@H](CSc2nnnn2C)O[C@@H](c2ccc(NC(=O)c3ccccc3)cc2)O[C@H]1c1ccc(CO)cc1. The largest absolute Gasteiger partial charge is 0.392 e. The summed E-state index contributed by atoms with van der Waals surface area (Å²) < 4.78 is 14.6. The molecule has 2 N–H and O–H groups in total. The molecular weight excluding hydrogens is 502 g/mol. The fraction of sp³-hybridized carbons (Fsp3) is 0.286. The first-order valence-electron chi connectivity index (χ1n) is 12.3. The molecule has 0 bridgehead atoms. The summed E-state index contributed by atoms with van der Waals surface area (Å²) in [6.45, 7) is 2.11. The first kappa shape index (κ1) is 26.1. The molecule has 1 saturated heterocycles. The topological polar surface area (TPSA) is 111 Å². The average Bonchev–Trinajstić information content (AvgIpc) is 3.38. The quantitative estimate of drug-likeness (QED) is 0.319. The van der Waals surface area contributed by atoms with Crippen molar-refractivity contribution in [3.63, 3.8) is 0 Å². The number of ether oxygens (including phenoxy) is 2. The van der Waals surface area contributed by atoms with Crippen LogP contribution in [0.2, 0.25) is 0 Å². The number of nitrogens with zero attached hydrogens (tertiary/aromatic N) is 4. The molecule has 5 rings (SSSR count). The lowest BCUT2D eigenvalue weighted by atomic mass is 9.91. The number of amides is 1. The fourth-order valence-corrected chi connectivity index (χ4v) is 5.34. The Hall–Kier alpha value is -3.57. The third kappa shape index (κ3) is 5.94. The molecule has 0 saturated carbocycles. The third-order valence-electron chi connectivity index (χ3n) is 6.56. The number of thioether (sulfide) groups is 1. The number of aromatic nitrogens is 4. The maximum Gasteiger partial charge on any atom is 0.255 e. The zero-order valence-corrected chi connectivity index (χ0v) is 21.9. The molecule has 0 aliphatic carbocycles. The van der Waals surface area contributed by atoms with Gasteiger partial charge in [0.15, 0.2) is 6.29 Å². The second-order valence-electron chi connectivity index (χ2n) is 9.16. The summed E-state index contributed by atoms with van der Waals surface area (Å²) in [6.07, 6.45) is -0.964. The molecule has 196 valence electrons. The van der Waals surface area contributed by atoms with Gasteiger partial charge in [0.05, 0.1) is 18.8 Å². The number of tetrazole rings is 1. The number of aryl methyl sites for hydroxylation is 1. The van der Waals surface area contributed by atoms with Gasteiger partial charge in [-0.05, 0) is 45.8 Å². The molecule has 9 nitrogen and oxygen atoms in total. The van der Waals surface area contributed by atoms with Gasteiger partial charge in [-0.2, -0.15) is 0 Å². The number of rotatable bonds is 8. The lowest BCUT2D eigenvalue weighted by molar-refractivity contribution is -0.268. The Balaban J connectivity index is 1.34. The maximum atomic E-state index is 12.5. The predicted octanol–water partition coefficient (Wildman–Crippen LogP) is 4.54. The zero-order chi connectivity index (χ0) is 26.5. The molecule has 10 heteroatoms. The molecule has 1 fully saturated rings. The van der Waals surface area contributed by atoms with Crippen LogP contribution in [0.5, 0.6) is 0 Å². The highest BCUT2D eigenvalue weighted by Crippen LogP contribution is 2.43. The van der Waals surface area contributed by atoms with Crippen molar-refractivity contribution >= 4 is 23.4 Å². The minimum absolute atomic E-state index is 0.00868. The van der Waals surface area contributed by atoms with Crippen LogP contribution in [0, 0.1) is 5.92 Å². The molecule has 4 atom stereocenters. The number of hydrogen-bond acceptors (Lipinski definition) is 8. The van der Waals surface area contributed by atoms with Crippen LogP contribution in [-0.4, -0.2) is 43.1 Å². The van der Waals surface area contributed by atoms with Crippen LogP contribution in [0.3, 0.4) is 0 Å². The molecule has 1 aromatic heterocycles. The summed E-state index contributed by atoms with van der Waals surface area (Å²) in [5.41, 5.74) is 4.00. The number of carbonyl (C=O) groups excluding carboxylic acids is 1. The smallest absolute Gasteiger partial charge is 0.255 e. The van der Waals surface area contributed by atoms with Crippen LogP contribution < -0.4 is 5.32 Å². The Bertz CT molecular complexity index is 1350. The number of carbonyl (C=O) groups is 1. The minimum atomic E-state index is -0.601. The molecule has 0 unspecified atom stereocenters. The van der Waals surface area contributed by atoms with Crippen LogP contribution in [0.4, 0.5) is 5.69 Å². The minimum Gasteiger partial charge on any atom is -0.392 e. The average molecular weight is 532 g/mol. The monoisotopic (exact) mass is 531 g/mol. The van der Waals surface area contributed by atoms with E-state index in [-0.39, 0.29) is 30.6 Å². The first-order chi connectivity index (χ1) is 18.5. The van der Waals surface area contributed by atoms with E-state index in [1.54, 1.807) is 16.8 Å². The van der Waals surface area contributed by atoms with Gasteiger partial charge in [0, 0.05) is 35.5 Å². The highest BCUT2D eigenvalue weighted by Gasteiger charge is 2.38. The fourth-order valence-electron chi connectivity index (χ4n) is 4.33. The molecule has 4 aromatic rings. The maximum absolute atomic E-state index is 12.5. The summed E-state index contributed by atoms with van der Waals surface area (Å²) in [5, 5.41) is 24.8. The van der Waals surface area contributed by atoms with Crippen LogP contribution in [0.25, 0.3) is 0 Å². The Morgan fingerprint density at radius 2 is 1.71 bits per heavy atom. The van der Waals surface area contributed by atoms with E-state index in [1.165, 1.54) is 11.8 Å². The molecule has 38 heavy (non-hydrogen) atoms. The van der Waals surface area contributed by atoms with Gasteiger partial charge in [0.1, 0.15) is 0 Å². The van der Waals surface area contributed by atoms with Gasteiger partial charge in [-0.15, -0.1) is 5.10 Å². The highest BCUT2D eigenvalue weighted by atomic mass is 32.2. The molecule has 2 heterocycles. The normalized spacial score (nSPS) is 21.2. The van der Waals surface area contributed by atoms with Gasteiger partial charge in [-0.3, -0.25) is 4.79 Å². The molecule has 0 radical (unpaired) electrons. The summed E-state index contributed by atoms with van der Waals surface area (Å²) in [5.74, 6) is 0.523. The summed E-state index contributed by atoms with van der Waals surface area (Å²) in [6, 6.07) is 24.4. The molecule has 1 aliphatic rings. The number of anilines is 1. The Kier molecular flexibility index (Phi) is 8.14. The van der Waals surface area contributed by atoms with Gasteiger partial charge in [0.25, 0.3) is 5.91 Å². The van der Waals surface area contributed by atoms with Crippen LogP contribution in [0.15, 0.2) is 84.0 Å². The number of benzene rings is 3. The predicted molar refractivity (Wildman–Crippen MR) is 143 cm³/mol. The molecule has 0 spiro atoms. The van der Waals surface area contributed by atoms with Crippen molar-refractivity contribution in [3.05, 3.63) is 101 Å². The zero-order valence-electron chi connectivity index (χ0n) is 21.1. The lowest BCUT2D eigenvalue weighted by Gasteiger charge is -2.41. The Morgan fingerprint density at radius 1 is 1.00 bits per heavy atom. The van der Waals surface area contributed by atoms with Crippen molar-refractivity contribution in [2.45, 2.75) is 37.2 Å². The van der Waals surface area contributed by atoms with Gasteiger partial charge in [0.2, 0.25) is 5.16 Å². The first-order valence-corrected chi connectivity index (χ1v) is 13.3. The summed E-state index contributed by atoms with van der Waals surface area (Å²) in [7, 11) is 1.81. The Morgan fingerprint density at radius 3 is 2.37 bits per heavy atom. The van der Waals surface area contributed by atoms with E-state index in [0.717, 1.165) is 16.7 Å². The van der Waals surface area contributed by atoms with E-state index in [1.807, 2.05) is 73.8 Å². The number of aliphatic hydroxyl groups is 1.